The normalized spacial score (nSPS) is 13.2. The maximum absolute atomic E-state index is 12.3. The number of carboxylic acids is 1. The summed E-state index contributed by atoms with van der Waals surface area (Å²) >= 11 is 0. The van der Waals surface area contributed by atoms with Crippen LogP contribution in [0.25, 0.3) is 11.1 Å². The van der Waals surface area contributed by atoms with Crippen LogP contribution in [0.15, 0.2) is 97.1 Å². The van der Waals surface area contributed by atoms with Crippen molar-refractivity contribution in [2.24, 2.45) is 5.73 Å². The Morgan fingerprint density at radius 2 is 1.52 bits per heavy atom. The van der Waals surface area contributed by atoms with E-state index in [9.17, 15) is 19.0 Å². The summed E-state index contributed by atoms with van der Waals surface area (Å²) in [6, 6.07) is 30.3. The minimum absolute atomic E-state index is 0.0420. The van der Waals surface area contributed by atoms with Gasteiger partial charge in [-0.3, -0.25) is 18.6 Å². The van der Waals surface area contributed by atoms with Gasteiger partial charge in [0.2, 0.25) is 0 Å². The molecule has 0 aliphatic carbocycles. The van der Waals surface area contributed by atoms with E-state index in [1.54, 1.807) is 0 Å². The van der Waals surface area contributed by atoms with Gasteiger partial charge in [0.25, 0.3) is 0 Å². The number of aryl methyl sites for hydroxylation is 1. The van der Waals surface area contributed by atoms with E-state index in [4.69, 9.17) is 29.6 Å². The van der Waals surface area contributed by atoms with Crippen LogP contribution in [0.2, 0.25) is 0 Å². The van der Waals surface area contributed by atoms with Gasteiger partial charge in [0.1, 0.15) is 29.9 Å². The number of phosphoric acid groups is 1. The van der Waals surface area contributed by atoms with E-state index in [1.165, 1.54) is 5.56 Å². The molecule has 4 rings (SSSR count). The molecule has 2 atom stereocenters. The number of benzene rings is 4. The molecular formula is C38H44NO10P. The molecular weight excluding hydrogens is 661 g/mol. The third-order valence-corrected chi connectivity index (χ3v) is 8.56. The lowest BCUT2D eigenvalue weighted by atomic mass is 9.86. The van der Waals surface area contributed by atoms with Crippen molar-refractivity contribution in [1.82, 2.24) is 0 Å². The van der Waals surface area contributed by atoms with Crippen molar-refractivity contribution in [3.05, 3.63) is 114 Å². The zero-order valence-electron chi connectivity index (χ0n) is 28.4. The first-order chi connectivity index (χ1) is 23.8. The number of carbonyl (C=O) groups excluding carboxylic acids is 1. The summed E-state index contributed by atoms with van der Waals surface area (Å²) in [6.45, 7) is 5.93. The Bertz CT molecular complexity index is 1750. The van der Waals surface area contributed by atoms with E-state index in [2.05, 4.69) is 49.6 Å². The fourth-order valence-corrected chi connectivity index (χ4v) is 5.53. The Kier molecular flexibility index (Phi) is 13.7. The summed E-state index contributed by atoms with van der Waals surface area (Å²) in [5, 5.41) is 8.70. The molecule has 0 aromatic heterocycles. The van der Waals surface area contributed by atoms with Crippen molar-refractivity contribution in [1.29, 1.82) is 0 Å². The summed E-state index contributed by atoms with van der Waals surface area (Å²) in [6.07, 6.45) is 0.611. The number of carbonyl (C=O) groups is 2. The minimum atomic E-state index is -4.48. The molecule has 0 aliphatic rings. The molecule has 1 unspecified atom stereocenters. The van der Waals surface area contributed by atoms with Gasteiger partial charge >= 0.3 is 19.8 Å². The lowest BCUT2D eigenvalue weighted by Gasteiger charge is -2.19. The Morgan fingerprint density at radius 3 is 2.20 bits per heavy atom. The molecule has 0 heterocycles. The average molecular weight is 706 g/mol. The van der Waals surface area contributed by atoms with Crippen LogP contribution >= 0.6 is 7.82 Å². The quantitative estimate of drug-likeness (QED) is 0.0536. The number of hydrogen-bond acceptors (Lipinski definition) is 9. The van der Waals surface area contributed by atoms with Gasteiger partial charge in [-0.25, -0.2) is 4.57 Å². The molecule has 12 heteroatoms. The number of nitrogens with two attached hydrogens (primary N) is 1. The predicted molar refractivity (Wildman–Crippen MR) is 189 cm³/mol. The smallest absolute Gasteiger partial charge is 0.472 e. The van der Waals surface area contributed by atoms with Gasteiger partial charge in [0.05, 0.1) is 19.8 Å². The number of esters is 1. The van der Waals surface area contributed by atoms with Gasteiger partial charge < -0.3 is 29.9 Å². The molecule has 0 saturated heterocycles. The zero-order valence-corrected chi connectivity index (χ0v) is 29.3. The van der Waals surface area contributed by atoms with Crippen LogP contribution in [0, 0.1) is 0 Å². The second-order valence-electron chi connectivity index (χ2n) is 12.6. The Morgan fingerprint density at radius 1 is 0.840 bits per heavy atom. The zero-order chi connectivity index (χ0) is 36.1. The molecule has 0 aliphatic heterocycles. The van der Waals surface area contributed by atoms with Crippen molar-refractivity contribution in [3.63, 3.8) is 0 Å². The van der Waals surface area contributed by atoms with Crippen LogP contribution in [0.4, 0.5) is 0 Å². The van der Waals surface area contributed by atoms with Crippen molar-refractivity contribution in [2.45, 2.75) is 58.1 Å². The van der Waals surface area contributed by atoms with Gasteiger partial charge in [-0.05, 0) is 70.0 Å². The molecule has 0 saturated carbocycles. The summed E-state index contributed by atoms with van der Waals surface area (Å²) in [5.41, 5.74) is 10.6. The second-order valence-corrected chi connectivity index (χ2v) is 14.1. The maximum atomic E-state index is 12.3. The molecule has 4 aromatic rings. The average Bonchev–Trinajstić information content (AvgIpc) is 3.09. The highest BCUT2D eigenvalue weighted by molar-refractivity contribution is 7.47. The number of hydrogen-bond donors (Lipinski definition) is 3. The first-order valence-corrected chi connectivity index (χ1v) is 17.7. The van der Waals surface area contributed by atoms with Crippen molar-refractivity contribution in [2.75, 3.05) is 19.8 Å². The molecule has 4 N–H and O–H groups in total. The summed E-state index contributed by atoms with van der Waals surface area (Å²) in [5.74, 6) is 0.230. The van der Waals surface area contributed by atoms with Crippen LogP contribution in [-0.2, 0) is 46.4 Å². The fourth-order valence-electron chi connectivity index (χ4n) is 4.74. The highest BCUT2D eigenvalue weighted by Crippen LogP contribution is 2.43. The number of rotatable bonds is 18. The van der Waals surface area contributed by atoms with Crippen LogP contribution in [0.1, 0.15) is 50.3 Å². The van der Waals surface area contributed by atoms with E-state index in [0.717, 1.165) is 28.0 Å². The lowest BCUT2D eigenvalue weighted by Crippen LogP contribution is -2.34. The van der Waals surface area contributed by atoms with Crippen LogP contribution < -0.4 is 15.2 Å². The van der Waals surface area contributed by atoms with Gasteiger partial charge in [-0.1, -0.05) is 87.5 Å². The molecule has 11 nitrogen and oxygen atoms in total. The van der Waals surface area contributed by atoms with Crippen LogP contribution in [-0.4, -0.2) is 47.8 Å². The molecule has 4 aromatic carbocycles. The SMILES string of the molecule is CC(C)(C)c1ccc(-c2ccc(Oc3cccc(COc4ccccc4CCC(=O)OCCCOP(=O)(O)OC[C@H](N)C(=O)O)c3)cc2)cc1. The summed E-state index contributed by atoms with van der Waals surface area (Å²) in [7, 11) is -4.48. The monoisotopic (exact) mass is 705 g/mol. The molecule has 266 valence electrons. The number of aliphatic carboxylic acids is 1. The van der Waals surface area contributed by atoms with Crippen molar-refractivity contribution >= 4 is 19.8 Å². The predicted octanol–water partition coefficient (Wildman–Crippen LogP) is 7.43. The Labute approximate surface area is 292 Å². The Balaban J connectivity index is 1.21. The van der Waals surface area contributed by atoms with Gasteiger partial charge in [-0.15, -0.1) is 0 Å². The fraction of sp³-hybridized carbons (Fsp3) is 0.316. The highest BCUT2D eigenvalue weighted by atomic mass is 31.2. The molecule has 0 bridgehead atoms. The first kappa shape index (κ1) is 38.3. The Hall–Kier alpha value is -4.51. The van der Waals surface area contributed by atoms with Gasteiger partial charge in [-0.2, -0.15) is 0 Å². The second kappa shape index (κ2) is 17.9. The van der Waals surface area contributed by atoms with Crippen molar-refractivity contribution < 1.29 is 47.4 Å². The third-order valence-electron chi connectivity index (χ3n) is 7.58. The van der Waals surface area contributed by atoms with Crippen LogP contribution in [0.5, 0.6) is 17.2 Å². The highest BCUT2D eigenvalue weighted by Gasteiger charge is 2.24. The number of ether oxygens (including phenoxy) is 3. The molecule has 0 spiro atoms. The van der Waals surface area contributed by atoms with E-state index in [1.807, 2.05) is 72.8 Å². The van der Waals surface area contributed by atoms with Gasteiger partial charge in [0, 0.05) is 12.8 Å². The van der Waals surface area contributed by atoms with Crippen molar-refractivity contribution in [3.8, 4) is 28.4 Å². The van der Waals surface area contributed by atoms with E-state index in [0.29, 0.717) is 24.5 Å². The summed E-state index contributed by atoms with van der Waals surface area (Å²) < 4.78 is 38.5. The maximum Gasteiger partial charge on any atom is 0.472 e. The number of phosphoric ester groups is 1. The third kappa shape index (κ3) is 12.4. The molecule has 0 amide bonds. The topological polar surface area (TPSA) is 164 Å². The standard InChI is InChI=1S/C38H44NO10P/c1-38(2,3)31-17-12-28(13-18-31)29-14-19-32(20-15-29)49-33-10-6-8-27(24-33)25-46-35-11-5-4-9-30(35)16-21-36(40)45-22-7-23-47-50(43,44)48-26-34(39)37(41)42/h4-6,8-15,17-20,24,34H,7,16,21-23,25-26,39H2,1-3H3,(H,41,42)(H,43,44)/t34-/m0/s1. The number of para-hydroxylation sites is 1. The first-order valence-electron chi connectivity index (χ1n) is 16.2. The lowest BCUT2D eigenvalue weighted by molar-refractivity contribution is -0.143. The van der Waals surface area contributed by atoms with Crippen LogP contribution in [0.3, 0.4) is 0 Å². The van der Waals surface area contributed by atoms with E-state index < -0.39 is 32.4 Å². The molecule has 0 radical (unpaired) electrons. The van der Waals surface area contributed by atoms with Gasteiger partial charge in [0.15, 0.2) is 0 Å². The van der Waals surface area contributed by atoms with E-state index >= 15 is 0 Å². The largest absolute Gasteiger partial charge is 0.489 e. The minimum Gasteiger partial charge on any atom is -0.489 e. The summed E-state index contributed by atoms with van der Waals surface area (Å²) in [4.78, 5) is 32.6. The number of carboxylic acid groups (broad SMARTS) is 1. The van der Waals surface area contributed by atoms with E-state index in [-0.39, 0.29) is 31.5 Å². The molecule has 0 fully saturated rings. The molecule has 50 heavy (non-hydrogen) atoms.